The third-order valence-corrected chi connectivity index (χ3v) is 4.02. The highest BCUT2D eigenvalue weighted by Crippen LogP contribution is 2.25. The molecule has 3 heteroatoms. The zero-order valence-corrected chi connectivity index (χ0v) is 11.0. The fourth-order valence-electron chi connectivity index (χ4n) is 2.93. The fraction of sp³-hybridized carbons (Fsp3) is 0.667. The second-order valence-electron chi connectivity index (χ2n) is 5.39. The summed E-state index contributed by atoms with van der Waals surface area (Å²) in [6.45, 7) is 2.31. The highest BCUT2D eigenvalue weighted by atomic mass is 16.6. The van der Waals surface area contributed by atoms with E-state index < -0.39 is 0 Å². The number of nitrogens with zero attached hydrogens (tertiary/aromatic N) is 2. The summed E-state index contributed by atoms with van der Waals surface area (Å²) in [5.41, 5.74) is 1.31. The summed E-state index contributed by atoms with van der Waals surface area (Å²) < 4.78 is 0. The summed E-state index contributed by atoms with van der Waals surface area (Å²) in [4.78, 5) is 8.06. The first-order valence-electron chi connectivity index (χ1n) is 7.28. The number of oxime groups is 1. The molecule has 18 heavy (non-hydrogen) atoms. The molecule has 1 saturated heterocycles. The second-order valence-corrected chi connectivity index (χ2v) is 5.39. The van der Waals surface area contributed by atoms with Crippen LogP contribution in [0, 0.1) is 0 Å². The van der Waals surface area contributed by atoms with E-state index in [1.807, 2.05) is 0 Å². The van der Waals surface area contributed by atoms with Crippen molar-refractivity contribution >= 4 is 5.84 Å². The van der Waals surface area contributed by atoms with Crippen LogP contribution < -0.4 is 0 Å². The molecule has 0 bridgehead atoms. The molecule has 0 radical (unpaired) electrons. The average Bonchev–Trinajstić information content (AvgIpc) is 2.76. The van der Waals surface area contributed by atoms with Crippen LogP contribution in [0.1, 0.15) is 44.9 Å². The van der Waals surface area contributed by atoms with Gasteiger partial charge in [-0.25, -0.2) is 0 Å². The van der Waals surface area contributed by atoms with Crippen molar-refractivity contribution in [3.05, 3.63) is 23.8 Å². The normalized spacial score (nSPS) is 28.4. The molecule has 0 spiro atoms. The molecule has 0 amide bonds. The molecular formula is C15H22N2O. The first-order valence-corrected chi connectivity index (χ1v) is 7.28. The highest BCUT2D eigenvalue weighted by molar-refractivity contribution is 5.84. The van der Waals surface area contributed by atoms with Crippen molar-refractivity contribution < 1.29 is 4.84 Å². The van der Waals surface area contributed by atoms with Gasteiger partial charge < -0.3 is 9.74 Å². The SMILES string of the molecule is C1=CC(C2CC(N3CCCCCC3)=NO2)=CCC1. The molecule has 0 aromatic carbocycles. The Morgan fingerprint density at radius 1 is 1.11 bits per heavy atom. The molecule has 0 aromatic rings. The predicted molar refractivity (Wildman–Crippen MR) is 73.4 cm³/mol. The van der Waals surface area contributed by atoms with Crippen LogP contribution in [0.5, 0.6) is 0 Å². The third-order valence-electron chi connectivity index (χ3n) is 4.02. The Labute approximate surface area is 109 Å². The van der Waals surface area contributed by atoms with E-state index in [1.165, 1.54) is 37.1 Å². The van der Waals surface area contributed by atoms with Gasteiger partial charge in [-0.2, -0.15) is 0 Å². The molecule has 3 aliphatic rings. The van der Waals surface area contributed by atoms with Crippen molar-refractivity contribution in [2.45, 2.75) is 51.0 Å². The van der Waals surface area contributed by atoms with Crippen molar-refractivity contribution in [1.82, 2.24) is 4.90 Å². The van der Waals surface area contributed by atoms with Gasteiger partial charge in [-0.1, -0.05) is 36.2 Å². The van der Waals surface area contributed by atoms with E-state index in [0.717, 1.165) is 32.4 Å². The zero-order valence-electron chi connectivity index (χ0n) is 11.0. The van der Waals surface area contributed by atoms with Gasteiger partial charge in [0, 0.05) is 13.1 Å². The van der Waals surface area contributed by atoms with E-state index in [1.54, 1.807) is 0 Å². The van der Waals surface area contributed by atoms with Crippen LogP contribution in [0.15, 0.2) is 29.0 Å². The largest absolute Gasteiger partial charge is 0.386 e. The van der Waals surface area contributed by atoms with Crippen molar-refractivity contribution in [3.8, 4) is 0 Å². The third kappa shape index (κ3) is 2.60. The molecule has 2 heterocycles. The molecule has 0 saturated carbocycles. The van der Waals surface area contributed by atoms with E-state index in [4.69, 9.17) is 4.84 Å². The quantitative estimate of drug-likeness (QED) is 0.709. The minimum Gasteiger partial charge on any atom is -0.386 e. The standard InChI is InChI=1S/C15H22N2O/c1-2-7-11-17(10-6-1)15-12-14(18-16-15)13-8-4-3-5-9-13/h4,8-9,14H,1-3,5-7,10-12H2. The summed E-state index contributed by atoms with van der Waals surface area (Å²) in [7, 11) is 0. The zero-order chi connectivity index (χ0) is 12.2. The van der Waals surface area contributed by atoms with Gasteiger partial charge >= 0.3 is 0 Å². The summed E-state index contributed by atoms with van der Waals surface area (Å²) in [6.07, 6.45) is 15.5. The number of amidine groups is 1. The minimum atomic E-state index is 0.166. The van der Waals surface area contributed by atoms with Crippen molar-refractivity contribution in [3.63, 3.8) is 0 Å². The van der Waals surface area contributed by atoms with Gasteiger partial charge in [0.2, 0.25) is 0 Å². The van der Waals surface area contributed by atoms with E-state index in [2.05, 4.69) is 28.3 Å². The van der Waals surface area contributed by atoms with Gasteiger partial charge in [-0.3, -0.25) is 0 Å². The fourth-order valence-corrected chi connectivity index (χ4v) is 2.93. The lowest BCUT2D eigenvalue weighted by atomic mass is 10.00. The molecule has 1 atom stereocenters. The summed E-state index contributed by atoms with van der Waals surface area (Å²) in [5, 5.41) is 4.33. The Hall–Kier alpha value is -1.25. The Morgan fingerprint density at radius 3 is 2.67 bits per heavy atom. The van der Waals surface area contributed by atoms with Crippen LogP contribution in [0.25, 0.3) is 0 Å². The van der Waals surface area contributed by atoms with Crippen LogP contribution >= 0.6 is 0 Å². The van der Waals surface area contributed by atoms with E-state index in [-0.39, 0.29) is 6.10 Å². The number of allylic oxidation sites excluding steroid dienone is 2. The Balaban J connectivity index is 1.59. The first kappa shape index (κ1) is 11.8. The van der Waals surface area contributed by atoms with Gasteiger partial charge in [0.1, 0.15) is 5.84 Å². The number of likely N-dealkylation sites (tertiary alicyclic amines) is 1. The van der Waals surface area contributed by atoms with Gasteiger partial charge in [0.15, 0.2) is 6.10 Å². The molecular weight excluding hydrogens is 224 g/mol. The summed E-state index contributed by atoms with van der Waals surface area (Å²) in [6, 6.07) is 0. The number of rotatable bonds is 1. The Morgan fingerprint density at radius 2 is 1.94 bits per heavy atom. The van der Waals surface area contributed by atoms with Crippen molar-refractivity contribution in [1.29, 1.82) is 0 Å². The molecule has 1 aliphatic carbocycles. The highest BCUT2D eigenvalue weighted by Gasteiger charge is 2.27. The lowest BCUT2D eigenvalue weighted by molar-refractivity contribution is 0.113. The van der Waals surface area contributed by atoms with Crippen molar-refractivity contribution in [2.24, 2.45) is 5.16 Å². The van der Waals surface area contributed by atoms with Gasteiger partial charge in [0.05, 0.1) is 6.42 Å². The minimum absolute atomic E-state index is 0.166. The maximum Gasteiger partial charge on any atom is 0.159 e. The summed E-state index contributed by atoms with van der Waals surface area (Å²) >= 11 is 0. The summed E-state index contributed by atoms with van der Waals surface area (Å²) in [5.74, 6) is 1.17. The number of hydrogen-bond acceptors (Lipinski definition) is 3. The molecule has 0 N–H and O–H groups in total. The van der Waals surface area contributed by atoms with Crippen LogP contribution in [-0.4, -0.2) is 29.9 Å². The molecule has 2 aliphatic heterocycles. The van der Waals surface area contributed by atoms with Crippen LogP contribution in [-0.2, 0) is 4.84 Å². The monoisotopic (exact) mass is 246 g/mol. The van der Waals surface area contributed by atoms with Gasteiger partial charge in [-0.15, -0.1) is 0 Å². The van der Waals surface area contributed by atoms with E-state index in [9.17, 15) is 0 Å². The van der Waals surface area contributed by atoms with Crippen molar-refractivity contribution in [2.75, 3.05) is 13.1 Å². The Kier molecular flexibility index (Phi) is 3.67. The number of hydrogen-bond donors (Lipinski definition) is 0. The Bertz CT molecular complexity index is 376. The average molecular weight is 246 g/mol. The lowest BCUT2D eigenvalue weighted by Gasteiger charge is -2.21. The van der Waals surface area contributed by atoms with E-state index >= 15 is 0 Å². The maximum atomic E-state index is 5.63. The second kappa shape index (κ2) is 5.59. The molecule has 0 aromatic heterocycles. The first-order chi connectivity index (χ1) is 8.93. The topological polar surface area (TPSA) is 24.8 Å². The van der Waals surface area contributed by atoms with Gasteiger partial charge in [0.25, 0.3) is 0 Å². The molecule has 3 nitrogen and oxygen atoms in total. The lowest BCUT2D eigenvalue weighted by Crippen LogP contribution is -2.31. The molecule has 98 valence electrons. The maximum absolute atomic E-state index is 5.63. The molecule has 1 fully saturated rings. The van der Waals surface area contributed by atoms with Crippen LogP contribution in [0.4, 0.5) is 0 Å². The van der Waals surface area contributed by atoms with E-state index in [0.29, 0.717) is 0 Å². The molecule has 3 rings (SSSR count). The molecule has 1 unspecified atom stereocenters. The van der Waals surface area contributed by atoms with Crippen LogP contribution in [0.3, 0.4) is 0 Å². The predicted octanol–water partition coefficient (Wildman–Crippen LogP) is 3.24. The van der Waals surface area contributed by atoms with Gasteiger partial charge in [-0.05, 0) is 31.3 Å². The smallest absolute Gasteiger partial charge is 0.159 e. The van der Waals surface area contributed by atoms with Crippen LogP contribution in [0.2, 0.25) is 0 Å².